The number of hydrogen-bond acceptors (Lipinski definition) is 2. The van der Waals surface area contributed by atoms with E-state index < -0.39 is 0 Å². The van der Waals surface area contributed by atoms with Crippen LogP contribution in [0.1, 0.15) is 5.56 Å². The lowest BCUT2D eigenvalue weighted by Crippen LogP contribution is -2.14. The van der Waals surface area contributed by atoms with Crippen LogP contribution in [0.15, 0.2) is 52.3 Å². The van der Waals surface area contributed by atoms with Crippen molar-refractivity contribution < 1.29 is 0 Å². The first-order valence-corrected chi connectivity index (χ1v) is 6.18. The van der Waals surface area contributed by atoms with Gasteiger partial charge in [0.2, 0.25) is 0 Å². The van der Waals surface area contributed by atoms with Crippen LogP contribution in [-0.4, -0.2) is 7.05 Å². The third-order valence-electron chi connectivity index (χ3n) is 2.92. The van der Waals surface area contributed by atoms with E-state index in [-0.39, 0.29) is 0 Å². The van der Waals surface area contributed by atoms with Crippen molar-refractivity contribution in [3.05, 3.63) is 48.0 Å². The molecule has 3 rings (SSSR count). The van der Waals surface area contributed by atoms with Crippen molar-refractivity contribution >= 4 is 23.1 Å². The van der Waals surface area contributed by atoms with Crippen LogP contribution in [0, 0.1) is 6.92 Å². The Morgan fingerprint density at radius 3 is 2.56 bits per heavy atom. The largest absolute Gasteiger partial charge is 0.343 e. The Hall–Kier alpha value is -1.41. The van der Waals surface area contributed by atoms with Crippen molar-refractivity contribution in [2.45, 2.75) is 16.7 Å². The SMILES string of the molecule is Cc1ccc2c(c1)Sc1ccccc1N2C. The first-order valence-electron chi connectivity index (χ1n) is 5.37. The summed E-state index contributed by atoms with van der Waals surface area (Å²) in [7, 11) is 2.13. The van der Waals surface area contributed by atoms with E-state index in [9.17, 15) is 0 Å². The van der Waals surface area contributed by atoms with Gasteiger partial charge in [-0.1, -0.05) is 30.0 Å². The second-order valence-electron chi connectivity index (χ2n) is 4.10. The summed E-state index contributed by atoms with van der Waals surface area (Å²) in [4.78, 5) is 4.95. The second-order valence-corrected chi connectivity index (χ2v) is 5.18. The van der Waals surface area contributed by atoms with Crippen molar-refractivity contribution in [1.29, 1.82) is 0 Å². The van der Waals surface area contributed by atoms with Crippen LogP contribution in [-0.2, 0) is 0 Å². The summed E-state index contributed by atoms with van der Waals surface area (Å²) in [6.45, 7) is 2.14. The molecule has 1 heterocycles. The zero-order chi connectivity index (χ0) is 11.1. The number of rotatable bonds is 0. The predicted octanol–water partition coefficient (Wildman–Crippen LogP) is 4.23. The Morgan fingerprint density at radius 1 is 0.938 bits per heavy atom. The van der Waals surface area contributed by atoms with E-state index in [1.165, 1.54) is 26.7 Å². The molecule has 0 unspecified atom stereocenters. The monoisotopic (exact) mass is 227 g/mol. The van der Waals surface area contributed by atoms with Crippen molar-refractivity contribution in [2.75, 3.05) is 11.9 Å². The molecule has 0 bridgehead atoms. The number of fused-ring (bicyclic) bond motifs is 2. The quantitative estimate of drug-likeness (QED) is 0.662. The molecule has 0 fully saturated rings. The summed E-state index contributed by atoms with van der Waals surface area (Å²) in [5, 5.41) is 0. The van der Waals surface area contributed by atoms with Gasteiger partial charge in [0.1, 0.15) is 0 Å². The molecule has 0 aliphatic carbocycles. The molecule has 1 aliphatic rings. The van der Waals surface area contributed by atoms with Crippen LogP contribution in [0.3, 0.4) is 0 Å². The molecule has 0 saturated heterocycles. The van der Waals surface area contributed by atoms with Crippen molar-refractivity contribution in [3.63, 3.8) is 0 Å². The van der Waals surface area contributed by atoms with Gasteiger partial charge in [0.25, 0.3) is 0 Å². The Kier molecular flexibility index (Phi) is 2.18. The lowest BCUT2D eigenvalue weighted by molar-refractivity contribution is 1.11. The van der Waals surface area contributed by atoms with Gasteiger partial charge in [-0.3, -0.25) is 0 Å². The first kappa shape index (κ1) is 9.79. The minimum atomic E-state index is 1.30. The Balaban J connectivity index is 2.18. The highest BCUT2D eigenvalue weighted by molar-refractivity contribution is 7.99. The van der Waals surface area contributed by atoms with Gasteiger partial charge < -0.3 is 4.90 Å². The maximum Gasteiger partial charge on any atom is 0.0550 e. The van der Waals surface area contributed by atoms with E-state index >= 15 is 0 Å². The highest BCUT2D eigenvalue weighted by Gasteiger charge is 2.19. The molecular formula is C14H13NS. The molecule has 2 aromatic carbocycles. The highest BCUT2D eigenvalue weighted by atomic mass is 32.2. The fourth-order valence-electron chi connectivity index (χ4n) is 2.05. The lowest BCUT2D eigenvalue weighted by atomic mass is 10.2. The van der Waals surface area contributed by atoms with E-state index in [2.05, 4.69) is 61.3 Å². The minimum Gasteiger partial charge on any atom is -0.343 e. The third kappa shape index (κ3) is 1.41. The molecule has 0 saturated carbocycles. The molecule has 0 radical (unpaired) electrons. The average molecular weight is 227 g/mol. The Bertz CT molecular complexity index is 548. The molecule has 0 amide bonds. The Labute approximate surface area is 100 Å². The van der Waals surface area contributed by atoms with E-state index in [0.29, 0.717) is 0 Å². The summed E-state index contributed by atoms with van der Waals surface area (Å²) in [6, 6.07) is 15.2. The van der Waals surface area contributed by atoms with Crippen LogP contribution in [0.5, 0.6) is 0 Å². The van der Waals surface area contributed by atoms with Gasteiger partial charge in [-0.2, -0.15) is 0 Å². The molecule has 2 heteroatoms. The Morgan fingerprint density at radius 2 is 1.69 bits per heavy atom. The van der Waals surface area contributed by atoms with Crippen molar-refractivity contribution in [1.82, 2.24) is 0 Å². The van der Waals surface area contributed by atoms with Crippen molar-refractivity contribution in [3.8, 4) is 0 Å². The molecule has 0 atom stereocenters. The maximum atomic E-state index is 2.26. The third-order valence-corrected chi connectivity index (χ3v) is 4.04. The maximum absolute atomic E-state index is 2.26. The lowest BCUT2D eigenvalue weighted by Gasteiger charge is -2.29. The number of aryl methyl sites for hydroxylation is 1. The summed E-state index contributed by atoms with van der Waals surface area (Å²) >= 11 is 1.86. The van der Waals surface area contributed by atoms with E-state index in [1.807, 2.05) is 11.8 Å². The molecule has 80 valence electrons. The summed E-state index contributed by atoms with van der Waals surface area (Å²) in [6.07, 6.45) is 0. The van der Waals surface area contributed by atoms with E-state index in [4.69, 9.17) is 0 Å². The standard InChI is InChI=1S/C14H13NS/c1-10-7-8-12-14(9-10)16-13-6-4-3-5-11(13)15(12)2/h3-9H,1-2H3. The van der Waals surface area contributed by atoms with Crippen LogP contribution < -0.4 is 4.90 Å². The smallest absolute Gasteiger partial charge is 0.0550 e. The van der Waals surface area contributed by atoms with Gasteiger partial charge in [-0.05, 0) is 36.8 Å². The fraction of sp³-hybridized carbons (Fsp3) is 0.143. The molecule has 0 aromatic heterocycles. The topological polar surface area (TPSA) is 3.24 Å². The van der Waals surface area contributed by atoms with Gasteiger partial charge in [0, 0.05) is 16.8 Å². The molecule has 0 spiro atoms. The van der Waals surface area contributed by atoms with Gasteiger partial charge >= 0.3 is 0 Å². The van der Waals surface area contributed by atoms with Crippen LogP contribution in [0.25, 0.3) is 0 Å². The van der Waals surface area contributed by atoms with Crippen molar-refractivity contribution in [2.24, 2.45) is 0 Å². The number of para-hydroxylation sites is 1. The van der Waals surface area contributed by atoms with Gasteiger partial charge in [-0.25, -0.2) is 0 Å². The molecule has 2 aromatic rings. The number of anilines is 2. The van der Waals surface area contributed by atoms with Gasteiger partial charge in [0.05, 0.1) is 11.4 Å². The normalized spacial score (nSPS) is 13.2. The number of hydrogen-bond donors (Lipinski definition) is 0. The van der Waals surface area contributed by atoms with Gasteiger partial charge in [0.15, 0.2) is 0 Å². The number of nitrogens with zero attached hydrogens (tertiary/aromatic N) is 1. The molecule has 1 nitrogen and oxygen atoms in total. The molecule has 0 N–H and O–H groups in total. The minimum absolute atomic E-state index is 1.30. The first-order chi connectivity index (χ1) is 7.75. The van der Waals surface area contributed by atoms with Crippen LogP contribution in [0.2, 0.25) is 0 Å². The fourth-order valence-corrected chi connectivity index (χ4v) is 3.30. The molecule has 16 heavy (non-hydrogen) atoms. The van der Waals surface area contributed by atoms with E-state index in [1.54, 1.807) is 0 Å². The summed E-state index contributed by atoms with van der Waals surface area (Å²) in [5.41, 5.74) is 3.91. The average Bonchev–Trinajstić information content (AvgIpc) is 2.29. The number of benzene rings is 2. The van der Waals surface area contributed by atoms with Crippen LogP contribution in [0.4, 0.5) is 11.4 Å². The van der Waals surface area contributed by atoms with Gasteiger partial charge in [-0.15, -0.1) is 0 Å². The van der Waals surface area contributed by atoms with Crippen LogP contribution >= 0.6 is 11.8 Å². The zero-order valence-corrected chi connectivity index (χ0v) is 10.2. The second kappa shape index (κ2) is 3.56. The summed E-state index contributed by atoms with van der Waals surface area (Å²) in [5.74, 6) is 0. The van der Waals surface area contributed by atoms with E-state index in [0.717, 1.165) is 0 Å². The molecule has 1 aliphatic heterocycles. The summed E-state index contributed by atoms with van der Waals surface area (Å²) < 4.78 is 0. The predicted molar refractivity (Wildman–Crippen MR) is 69.8 cm³/mol. The zero-order valence-electron chi connectivity index (χ0n) is 9.40. The molecular weight excluding hydrogens is 214 g/mol. The highest BCUT2D eigenvalue weighted by Crippen LogP contribution is 2.47.